The Labute approximate surface area is 272 Å². The maximum atomic E-state index is 6.82. The number of hydrogen-bond acceptors (Lipinski definition) is 3. The van der Waals surface area contributed by atoms with Crippen LogP contribution in [0, 0.1) is 11.8 Å². The summed E-state index contributed by atoms with van der Waals surface area (Å²) in [6, 6.07) is 19.6. The number of nitrogens with zero attached hydrogens (tertiary/aromatic N) is 1. The van der Waals surface area contributed by atoms with Crippen LogP contribution in [-0.4, -0.2) is 12.1 Å². The second-order valence-corrected chi connectivity index (χ2v) is 13.5. The van der Waals surface area contributed by atoms with Crippen molar-refractivity contribution in [2.45, 2.75) is 44.2 Å². The van der Waals surface area contributed by atoms with Gasteiger partial charge in [0.1, 0.15) is 23.4 Å². The van der Waals surface area contributed by atoms with Crippen molar-refractivity contribution < 1.29 is 9.47 Å². The molecule has 6 aliphatic rings. The second kappa shape index (κ2) is 10.5. The van der Waals surface area contributed by atoms with Gasteiger partial charge < -0.3 is 14.4 Å². The SMILES string of the molecule is C=C/C=C1/OC2=CC=C3C(=C)C(CC(=C)N(c4ccccc4)C4C=CC5=C(C4)C(C)(C)c4ccccc45)OC4=CC=C(C1=C)C2C43. The highest BCUT2D eigenvalue weighted by Gasteiger charge is 2.48. The van der Waals surface area contributed by atoms with Crippen molar-refractivity contribution in [3.63, 3.8) is 0 Å². The average molecular weight is 602 g/mol. The first-order chi connectivity index (χ1) is 22.3. The van der Waals surface area contributed by atoms with Crippen LogP contribution < -0.4 is 4.90 Å². The Kier molecular flexibility index (Phi) is 6.51. The highest BCUT2D eigenvalue weighted by Crippen LogP contribution is 2.55. The van der Waals surface area contributed by atoms with Crippen molar-refractivity contribution in [1.29, 1.82) is 0 Å². The standard InChI is InChI=1S/C43H39NO2/c1-7-13-37-27(3)31-20-23-39-42-32(21-22-38(45-37)41(31)42)28(4)40(46-39)24-26(2)44(29-14-9-8-10-15-29)30-18-19-34-33-16-11-12-17-35(33)43(5,6)36(34)25-30/h7-23,30,40-42H,1-4,24-25H2,5-6H3/b37-13+. The van der Waals surface area contributed by atoms with E-state index in [1.165, 1.54) is 27.8 Å². The summed E-state index contributed by atoms with van der Waals surface area (Å²) in [6.45, 7) is 22.2. The minimum atomic E-state index is -0.226. The van der Waals surface area contributed by atoms with Gasteiger partial charge in [-0.3, -0.25) is 0 Å². The van der Waals surface area contributed by atoms with E-state index < -0.39 is 0 Å². The van der Waals surface area contributed by atoms with Crippen LogP contribution in [0.25, 0.3) is 5.57 Å². The Bertz CT molecular complexity index is 1950. The molecule has 2 fully saturated rings. The van der Waals surface area contributed by atoms with E-state index in [0.29, 0.717) is 6.42 Å². The van der Waals surface area contributed by atoms with Crippen molar-refractivity contribution in [1.82, 2.24) is 0 Å². The Balaban J connectivity index is 1.10. The molecule has 0 aromatic heterocycles. The smallest absolute Gasteiger partial charge is 0.133 e. The lowest BCUT2D eigenvalue weighted by molar-refractivity contribution is 0.0874. The van der Waals surface area contributed by atoms with Crippen LogP contribution in [-0.2, 0) is 14.9 Å². The van der Waals surface area contributed by atoms with Crippen LogP contribution in [0.3, 0.4) is 0 Å². The van der Waals surface area contributed by atoms with Crippen molar-refractivity contribution >= 4 is 11.3 Å². The average Bonchev–Trinajstić information content (AvgIpc) is 3.29. The third-order valence-electron chi connectivity index (χ3n) is 10.6. The van der Waals surface area contributed by atoms with Crippen LogP contribution in [0.2, 0.25) is 0 Å². The maximum absolute atomic E-state index is 6.82. The summed E-state index contributed by atoms with van der Waals surface area (Å²) in [5.41, 5.74) is 12.0. The predicted octanol–water partition coefficient (Wildman–Crippen LogP) is 9.96. The van der Waals surface area contributed by atoms with Crippen molar-refractivity contribution in [3.8, 4) is 0 Å². The van der Waals surface area contributed by atoms with Gasteiger partial charge in [-0.1, -0.05) is 113 Å². The summed E-state index contributed by atoms with van der Waals surface area (Å²) in [5.74, 6) is 2.67. The van der Waals surface area contributed by atoms with Gasteiger partial charge in [-0.2, -0.15) is 0 Å². The molecule has 3 nitrogen and oxygen atoms in total. The molecule has 2 saturated heterocycles. The van der Waals surface area contributed by atoms with Crippen molar-refractivity contribution in [2.75, 3.05) is 4.90 Å². The largest absolute Gasteiger partial charge is 0.489 e. The molecule has 0 amide bonds. The van der Waals surface area contributed by atoms with Crippen LogP contribution in [0.1, 0.15) is 37.8 Å². The first-order valence-corrected chi connectivity index (χ1v) is 16.2. The third kappa shape index (κ3) is 4.18. The van der Waals surface area contributed by atoms with Crippen LogP contribution in [0.15, 0.2) is 180 Å². The molecule has 8 rings (SSSR count). The van der Waals surface area contributed by atoms with Gasteiger partial charge in [0.15, 0.2) is 0 Å². The zero-order valence-corrected chi connectivity index (χ0v) is 26.6. The lowest BCUT2D eigenvalue weighted by atomic mass is 9.66. The van der Waals surface area contributed by atoms with E-state index in [9.17, 15) is 0 Å². The molecule has 4 aliphatic carbocycles. The lowest BCUT2D eigenvalue weighted by Crippen LogP contribution is -2.41. The molecule has 2 aliphatic heterocycles. The molecule has 0 spiro atoms. The molecular formula is C43H39NO2. The number of anilines is 1. The molecule has 0 bridgehead atoms. The molecule has 2 aromatic carbocycles. The van der Waals surface area contributed by atoms with Gasteiger partial charge in [-0.15, -0.1) is 0 Å². The van der Waals surface area contributed by atoms with Crippen LogP contribution in [0.5, 0.6) is 0 Å². The number of rotatable bonds is 6. The van der Waals surface area contributed by atoms with E-state index in [1.807, 2.05) is 6.08 Å². The molecule has 0 saturated carbocycles. The fraction of sp³-hybridized carbons (Fsp3) is 0.209. The fourth-order valence-corrected chi connectivity index (χ4v) is 8.37. The van der Waals surface area contributed by atoms with E-state index >= 15 is 0 Å². The van der Waals surface area contributed by atoms with Gasteiger partial charge in [0.05, 0.1) is 17.9 Å². The molecule has 3 heteroatoms. The minimum Gasteiger partial charge on any atom is -0.489 e. The first kappa shape index (κ1) is 28.5. The monoisotopic (exact) mass is 601 g/mol. The molecule has 0 radical (unpaired) electrons. The molecule has 46 heavy (non-hydrogen) atoms. The topological polar surface area (TPSA) is 21.7 Å². The van der Waals surface area contributed by atoms with Crippen molar-refractivity contribution in [2.24, 2.45) is 11.8 Å². The zero-order valence-electron chi connectivity index (χ0n) is 26.6. The summed E-state index contributed by atoms with van der Waals surface area (Å²) in [4.78, 5) is 2.41. The Morgan fingerprint density at radius 3 is 2.46 bits per heavy atom. The maximum Gasteiger partial charge on any atom is 0.133 e. The van der Waals surface area contributed by atoms with Gasteiger partial charge in [0.2, 0.25) is 0 Å². The normalized spacial score (nSPS) is 27.2. The van der Waals surface area contributed by atoms with Gasteiger partial charge in [-0.25, -0.2) is 0 Å². The van der Waals surface area contributed by atoms with Gasteiger partial charge >= 0.3 is 0 Å². The Hall–Kier alpha value is -5.02. The molecule has 0 N–H and O–H groups in total. The van der Waals surface area contributed by atoms with Gasteiger partial charge in [0.25, 0.3) is 0 Å². The molecule has 4 atom stereocenters. The minimum absolute atomic E-state index is 0.0234. The highest BCUT2D eigenvalue weighted by molar-refractivity contribution is 5.87. The van der Waals surface area contributed by atoms with E-state index in [0.717, 1.165) is 51.8 Å². The van der Waals surface area contributed by atoms with Crippen LogP contribution in [0.4, 0.5) is 5.69 Å². The number of hydrogen-bond donors (Lipinski definition) is 0. The Morgan fingerprint density at radius 1 is 0.935 bits per heavy atom. The van der Waals surface area contributed by atoms with E-state index in [-0.39, 0.29) is 29.4 Å². The molecular weight excluding hydrogens is 562 g/mol. The van der Waals surface area contributed by atoms with E-state index in [2.05, 4.69) is 130 Å². The highest BCUT2D eigenvalue weighted by atomic mass is 16.5. The van der Waals surface area contributed by atoms with E-state index in [1.54, 1.807) is 6.08 Å². The summed E-state index contributed by atoms with van der Waals surface area (Å²) in [7, 11) is 0. The predicted molar refractivity (Wildman–Crippen MR) is 188 cm³/mol. The zero-order chi connectivity index (χ0) is 31.7. The summed E-state index contributed by atoms with van der Waals surface area (Å²) < 4.78 is 13.1. The van der Waals surface area contributed by atoms with Crippen LogP contribution >= 0.6 is 0 Å². The van der Waals surface area contributed by atoms with Gasteiger partial charge in [-0.05, 0) is 75.8 Å². The second-order valence-electron chi connectivity index (χ2n) is 13.5. The molecule has 2 aromatic rings. The summed E-state index contributed by atoms with van der Waals surface area (Å²) in [6.07, 6.45) is 18.2. The number of para-hydroxylation sites is 1. The molecule has 2 heterocycles. The first-order valence-electron chi connectivity index (χ1n) is 16.2. The molecule has 228 valence electrons. The number of fused-ring (bicyclic) bond motifs is 2. The number of allylic oxidation sites excluding steroid dienone is 11. The third-order valence-corrected chi connectivity index (χ3v) is 10.6. The molecule has 4 unspecified atom stereocenters. The number of ether oxygens (including phenoxy) is 2. The van der Waals surface area contributed by atoms with Crippen molar-refractivity contribution in [3.05, 3.63) is 191 Å². The lowest BCUT2D eigenvalue weighted by Gasteiger charge is -2.47. The van der Waals surface area contributed by atoms with E-state index in [4.69, 9.17) is 16.1 Å². The fourth-order valence-electron chi connectivity index (χ4n) is 8.37. The summed E-state index contributed by atoms with van der Waals surface area (Å²) >= 11 is 0. The summed E-state index contributed by atoms with van der Waals surface area (Å²) in [5, 5.41) is 0. The quantitative estimate of drug-likeness (QED) is 0.329. The number of benzene rings is 2. The Morgan fingerprint density at radius 2 is 1.65 bits per heavy atom. The van der Waals surface area contributed by atoms with Gasteiger partial charge in [0, 0.05) is 28.8 Å².